The van der Waals surface area contributed by atoms with E-state index in [-0.39, 0.29) is 6.61 Å². The van der Waals surface area contributed by atoms with Crippen LogP contribution in [-0.4, -0.2) is 46.9 Å². The molecule has 0 saturated heterocycles. The molecule has 238 valence electrons. The van der Waals surface area contributed by atoms with Gasteiger partial charge < -0.3 is 9.22 Å². The molecule has 49 heavy (non-hydrogen) atoms. The Labute approximate surface area is 287 Å². The first kappa shape index (κ1) is 32.6. The van der Waals surface area contributed by atoms with Gasteiger partial charge in [-0.3, -0.25) is 14.8 Å². The van der Waals surface area contributed by atoms with Gasteiger partial charge >= 0.3 is 0 Å². The first-order valence-corrected chi connectivity index (χ1v) is 15.9. The predicted molar refractivity (Wildman–Crippen MR) is 193 cm³/mol. The average Bonchev–Trinajstić information content (AvgIpc) is 3.13. The molecule has 0 N–H and O–H groups in total. The molecule has 0 unspecified atom stereocenters. The molecule has 0 bridgehead atoms. The maximum Gasteiger partial charge on any atom is 0.168 e. The first-order chi connectivity index (χ1) is 23.8. The molecular weight excluding hydrogens is 604 g/mol. The molecule has 0 aliphatic carbocycles. The highest BCUT2D eigenvalue weighted by atomic mass is 16.5. The van der Waals surface area contributed by atoms with Crippen LogP contribution in [0.4, 0.5) is 0 Å². The molecule has 0 radical (unpaired) electrons. The van der Waals surface area contributed by atoms with Crippen molar-refractivity contribution in [2.24, 2.45) is 0 Å². The standard InChI is InChI=1S/C43H35N4O2/c1-47(2,3)29-34-27-39(17-11-32-7-13-35(14-8-32)37-19-23-44-24-20-37)43(49-31-42-6-4-5-41(30-48)46-42)40(28-34)18-12-33-9-15-36(16-10-33)38-21-25-45-26-22-38/h4-10,13-16,19-28,30H,29,31H2,1-3H3/q+1. The summed E-state index contributed by atoms with van der Waals surface area (Å²) in [5, 5.41) is 0. The van der Waals surface area contributed by atoms with Crippen LogP contribution in [0.25, 0.3) is 22.3 Å². The Hall–Kier alpha value is -6.34. The molecule has 0 aliphatic heterocycles. The zero-order valence-electron chi connectivity index (χ0n) is 27.7. The lowest BCUT2D eigenvalue weighted by molar-refractivity contribution is -0.884. The Kier molecular flexibility index (Phi) is 10.0. The molecule has 0 atom stereocenters. The van der Waals surface area contributed by atoms with Gasteiger partial charge in [0.1, 0.15) is 18.8 Å². The molecule has 6 aromatic rings. The zero-order valence-corrected chi connectivity index (χ0v) is 27.7. The van der Waals surface area contributed by atoms with Crippen LogP contribution >= 0.6 is 0 Å². The van der Waals surface area contributed by atoms with Crippen LogP contribution in [0, 0.1) is 23.7 Å². The summed E-state index contributed by atoms with van der Waals surface area (Å²) in [5.74, 6) is 14.1. The Morgan fingerprint density at radius 3 is 1.59 bits per heavy atom. The number of ether oxygens (including phenoxy) is 1. The lowest BCUT2D eigenvalue weighted by Crippen LogP contribution is -2.33. The van der Waals surface area contributed by atoms with Gasteiger partial charge in [0.15, 0.2) is 12.0 Å². The van der Waals surface area contributed by atoms with Crippen LogP contribution in [0.5, 0.6) is 5.75 Å². The van der Waals surface area contributed by atoms with Crippen LogP contribution in [0.3, 0.4) is 0 Å². The maximum atomic E-state index is 11.4. The van der Waals surface area contributed by atoms with Crippen LogP contribution < -0.4 is 4.74 Å². The highest BCUT2D eigenvalue weighted by molar-refractivity contribution is 5.71. The fourth-order valence-corrected chi connectivity index (χ4v) is 5.32. The summed E-state index contributed by atoms with van der Waals surface area (Å²) in [6.45, 7) is 0.925. The minimum absolute atomic E-state index is 0.154. The van der Waals surface area contributed by atoms with Crippen molar-refractivity contribution in [1.29, 1.82) is 0 Å². The summed E-state index contributed by atoms with van der Waals surface area (Å²) < 4.78 is 7.20. The summed E-state index contributed by atoms with van der Waals surface area (Å²) in [6, 6.07) is 33.7. The SMILES string of the molecule is C[N+](C)(C)Cc1cc(C#Cc2ccc(-c3ccncc3)cc2)c(OCc2cccc(C=O)n2)c(C#Cc2ccc(-c3ccncc3)cc2)c1. The number of hydrogen-bond donors (Lipinski definition) is 0. The van der Waals surface area contributed by atoms with Gasteiger partial charge in [-0.05, 0) is 95.1 Å². The lowest BCUT2D eigenvalue weighted by atomic mass is 10.0. The number of hydrogen-bond acceptors (Lipinski definition) is 5. The van der Waals surface area contributed by atoms with E-state index < -0.39 is 0 Å². The Morgan fingerprint density at radius 1 is 0.633 bits per heavy atom. The average molecular weight is 640 g/mol. The summed E-state index contributed by atoms with van der Waals surface area (Å²) in [5.41, 5.74) is 9.68. The second-order valence-electron chi connectivity index (χ2n) is 12.6. The number of nitrogens with zero attached hydrogens (tertiary/aromatic N) is 4. The highest BCUT2D eigenvalue weighted by Crippen LogP contribution is 2.28. The van der Waals surface area contributed by atoms with Crippen molar-refractivity contribution in [3.05, 3.63) is 167 Å². The highest BCUT2D eigenvalue weighted by Gasteiger charge is 2.16. The number of pyridine rings is 3. The van der Waals surface area contributed by atoms with E-state index in [0.29, 0.717) is 17.1 Å². The van der Waals surface area contributed by atoms with Crippen molar-refractivity contribution in [2.75, 3.05) is 21.1 Å². The quantitative estimate of drug-likeness (QED) is 0.0975. The minimum Gasteiger partial charge on any atom is -0.485 e. The van der Waals surface area contributed by atoms with E-state index in [1.54, 1.807) is 36.9 Å². The lowest BCUT2D eigenvalue weighted by Gasteiger charge is -2.24. The molecular formula is C43H35N4O2+. The molecule has 0 amide bonds. The Bertz CT molecular complexity index is 2060. The number of carbonyl (C=O) groups is 1. The van der Waals surface area contributed by atoms with Crippen molar-refractivity contribution in [3.8, 4) is 51.7 Å². The number of rotatable bonds is 8. The van der Waals surface area contributed by atoms with Crippen molar-refractivity contribution in [3.63, 3.8) is 0 Å². The Balaban J connectivity index is 1.40. The van der Waals surface area contributed by atoms with Gasteiger partial charge in [-0.1, -0.05) is 54.0 Å². The van der Waals surface area contributed by atoms with Gasteiger partial charge in [-0.2, -0.15) is 0 Å². The number of carbonyl (C=O) groups excluding carboxylic acids is 1. The fourth-order valence-electron chi connectivity index (χ4n) is 5.32. The molecule has 3 aromatic carbocycles. The summed E-state index contributed by atoms with van der Waals surface area (Å²) in [4.78, 5) is 24.0. The number of benzene rings is 3. The third-order valence-electron chi connectivity index (χ3n) is 7.60. The minimum atomic E-state index is 0.154. The molecule has 6 nitrogen and oxygen atoms in total. The van der Waals surface area contributed by atoms with Crippen molar-refractivity contribution >= 4 is 6.29 Å². The van der Waals surface area contributed by atoms with Crippen LogP contribution in [-0.2, 0) is 13.2 Å². The summed E-state index contributed by atoms with van der Waals surface area (Å²) >= 11 is 0. The maximum absolute atomic E-state index is 11.4. The predicted octanol–water partition coefficient (Wildman–Crippen LogP) is 7.60. The van der Waals surface area contributed by atoms with Gasteiger partial charge in [0, 0.05) is 41.5 Å². The molecule has 6 heteroatoms. The number of aldehydes is 1. The summed E-state index contributed by atoms with van der Waals surface area (Å²) in [6.07, 6.45) is 7.89. The van der Waals surface area contributed by atoms with E-state index in [0.717, 1.165) is 67.4 Å². The number of aromatic nitrogens is 3. The molecule has 0 aliphatic rings. The Morgan fingerprint density at radius 2 is 1.12 bits per heavy atom. The van der Waals surface area contributed by atoms with Gasteiger partial charge in [0.25, 0.3) is 0 Å². The molecule has 0 spiro atoms. The molecule has 6 rings (SSSR count). The third-order valence-corrected chi connectivity index (χ3v) is 7.60. The van der Waals surface area contributed by atoms with E-state index in [1.807, 2.05) is 54.6 Å². The zero-order chi connectivity index (χ0) is 34.1. The van der Waals surface area contributed by atoms with E-state index in [1.165, 1.54) is 0 Å². The number of quaternary nitrogens is 1. The topological polar surface area (TPSA) is 65.0 Å². The first-order valence-electron chi connectivity index (χ1n) is 15.9. The molecule has 0 fully saturated rings. The van der Waals surface area contributed by atoms with Crippen molar-refractivity contribution < 1.29 is 14.0 Å². The van der Waals surface area contributed by atoms with Crippen molar-refractivity contribution in [1.82, 2.24) is 15.0 Å². The second kappa shape index (κ2) is 15.0. The van der Waals surface area contributed by atoms with E-state index in [4.69, 9.17) is 4.74 Å². The smallest absolute Gasteiger partial charge is 0.168 e. The van der Waals surface area contributed by atoms with E-state index in [9.17, 15) is 4.79 Å². The fraction of sp³-hybridized carbons (Fsp3) is 0.116. The second-order valence-corrected chi connectivity index (χ2v) is 12.6. The van der Waals surface area contributed by atoms with Crippen molar-refractivity contribution in [2.45, 2.75) is 13.2 Å². The van der Waals surface area contributed by atoms with E-state index >= 15 is 0 Å². The molecule has 0 saturated carbocycles. The normalized spacial score (nSPS) is 10.7. The van der Waals surface area contributed by atoms with Crippen LogP contribution in [0.15, 0.2) is 128 Å². The van der Waals surface area contributed by atoms with Crippen LogP contribution in [0.2, 0.25) is 0 Å². The van der Waals surface area contributed by atoms with Gasteiger partial charge in [0.2, 0.25) is 0 Å². The molecule has 3 aromatic heterocycles. The van der Waals surface area contributed by atoms with Gasteiger partial charge in [-0.25, -0.2) is 4.98 Å². The largest absolute Gasteiger partial charge is 0.485 e. The summed E-state index contributed by atoms with van der Waals surface area (Å²) in [7, 11) is 6.46. The van der Waals surface area contributed by atoms with Crippen LogP contribution in [0.1, 0.15) is 44.0 Å². The third kappa shape index (κ3) is 8.93. The van der Waals surface area contributed by atoms with Gasteiger partial charge in [0.05, 0.1) is 38.0 Å². The molecule has 3 heterocycles. The monoisotopic (exact) mass is 639 g/mol. The van der Waals surface area contributed by atoms with E-state index in [2.05, 4.69) is 96.2 Å². The van der Waals surface area contributed by atoms with Gasteiger partial charge in [-0.15, -0.1) is 0 Å².